The third-order valence-corrected chi connectivity index (χ3v) is 6.03. The molecule has 11 heteroatoms. The number of hydrogen-bond acceptors (Lipinski definition) is 7. The van der Waals surface area contributed by atoms with E-state index in [0.717, 1.165) is 27.9 Å². The number of rotatable bonds is 7. The summed E-state index contributed by atoms with van der Waals surface area (Å²) in [6.07, 6.45) is 0. The number of carboxylic acids is 1. The van der Waals surface area contributed by atoms with Crippen LogP contribution in [0.4, 0.5) is 5.95 Å². The number of aromatic nitrogens is 4. The van der Waals surface area contributed by atoms with Crippen molar-refractivity contribution >= 4 is 40.7 Å². The topological polar surface area (TPSA) is 134 Å². The predicted molar refractivity (Wildman–Crippen MR) is 149 cm³/mol. The van der Waals surface area contributed by atoms with Gasteiger partial charge in [0.25, 0.3) is 0 Å². The van der Waals surface area contributed by atoms with Gasteiger partial charge in [-0.15, -0.1) is 0 Å². The fourth-order valence-electron chi connectivity index (χ4n) is 4.06. The van der Waals surface area contributed by atoms with Crippen LogP contribution in [-0.2, 0) is 11.8 Å². The molecule has 0 radical (unpaired) electrons. The number of aromatic carboxylic acids is 1. The molecule has 5 rings (SSSR count). The van der Waals surface area contributed by atoms with E-state index in [4.69, 9.17) is 20.3 Å². The summed E-state index contributed by atoms with van der Waals surface area (Å²) in [5.41, 5.74) is 10.7. The number of hydrogen-bond donors (Lipinski definition) is 2. The Hall–Kier alpha value is -4.52. The standard InChI is InChI=1S/C21H20N5O3.C7H6O2.Li/c1-25-20(27)8-7-15(24-25)14-6-4-5-13(9-14)12-26-17-11-19(29-3)18(28-2)10-16(17)23-21(26)22;8-7(9)6-4-2-1-3-5-6;/h4-11H,1,12H2,2-3H3,(H2,22,23);1-5H,(H,8,9);. The van der Waals surface area contributed by atoms with E-state index in [1.807, 2.05) is 58.7 Å². The molecule has 194 valence electrons. The molecule has 2 aromatic heterocycles. The Bertz CT molecular complexity index is 1670. The zero-order valence-electron chi connectivity index (χ0n) is 21.9. The summed E-state index contributed by atoms with van der Waals surface area (Å²) in [5, 5.41) is 13.3. The molecule has 0 aliphatic heterocycles. The van der Waals surface area contributed by atoms with E-state index in [2.05, 4.69) is 10.1 Å². The van der Waals surface area contributed by atoms with Crippen molar-refractivity contribution in [2.24, 2.45) is 0 Å². The van der Waals surface area contributed by atoms with Gasteiger partial charge in [0.15, 0.2) is 5.75 Å². The predicted octanol–water partition coefficient (Wildman–Crippen LogP) is 3.42. The molecular weight excluding hydrogens is 493 g/mol. The SMILES string of the molecule is O=C(O)c1ccccc1.[Li][CH2]n1nc(-c2cccc(Cn3c(N)nc4cc(OC)c(OC)cc43)c2)ccc1=O. The second kappa shape index (κ2) is 12.3. The summed E-state index contributed by atoms with van der Waals surface area (Å²) >= 11 is 1.89. The van der Waals surface area contributed by atoms with Crippen molar-refractivity contribution in [1.82, 2.24) is 19.3 Å². The van der Waals surface area contributed by atoms with Gasteiger partial charge in [0.1, 0.15) is 0 Å². The van der Waals surface area contributed by atoms with Gasteiger partial charge in [0.2, 0.25) is 0 Å². The van der Waals surface area contributed by atoms with Crippen LogP contribution in [-0.4, -0.2) is 62.3 Å². The number of ether oxygens (including phenoxy) is 2. The summed E-state index contributed by atoms with van der Waals surface area (Å²) in [6.45, 7) is 0.527. The number of nitrogen functional groups attached to an aromatic ring is 1. The second-order valence-corrected chi connectivity index (χ2v) is 8.50. The first-order valence-corrected chi connectivity index (χ1v) is 12.2. The number of benzene rings is 3. The van der Waals surface area contributed by atoms with E-state index in [0.29, 0.717) is 34.8 Å². The summed E-state index contributed by atoms with van der Waals surface area (Å²) in [5.74, 6) is 0.749. The van der Waals surface area contributed by atoms with E-state index < -0.39 is 5.97 Å². The maximum atomic E-state index is 11.8. The number of carbonyl (C=O) groups is 1. The van der Waals surface area contributed by atoms with Gasteiger partial charge in [-0.3, -0.25) is 0 Å². The van der Waals surface area contributed by atoms with Crippen molar-refractivity contribution in [3.63, 3.8) is 0 Å². The summed E-state index contributed by atoms with van der Waals surface area (Å²) < 4.78 is 14.2. The van der Waals surface area contributed by atoms with Crippen molar-refractivity contribution in [3.8, 4) is 22.8 Å². The Morgan fingerprint density at radius 2 is 1.69 bits per heavy atom. The molecule has 0 saturated heterocycles. The van der Waals surface area contributed by atoms with Gasteiger partial charge in [0.05, 0.1) is 19.8 Å². The number of anilines is 1. The van der Waals surface area contributed by atoms with Crippen LogP contribution in [0.5, 0.6) is 11.5 Å². The molecule has 0 amide bonds. The zero-order chi connectivity index (χ0) is 27.9. The number of fused-ring (bicyclic) bond motifs is 1. The molecule has 3 aromatic carbocycles. The second-order valence-electron chi connectivity index (χ2n) is 8.50. The number of methoxy groups -OCH3 is 2. The molecule has 0 unspecified atom stereocenters. The molecular formula is C28H26LiN5O5. The molecule has 5 aromatic rings. The molecule has 0 aliphatic rings. The van der Waals surface area contributed by atoms with Gasteiger partial charge in [-0.2, -0.15) is 0 Å². The first-order chi connectivity index (χ1) is 18.8. The fourth-order valence-corrected chi connectivity index (χ4v) is 4.06. The minimum atomic E-state index is -0.879. The Morgan fingerprint density at radius 1 is 0.974 bits per heavy atom. The first-order valence-electron chi connectivity index (χ1n) is 12.2. The Balaban J connectivity index is 0.000000333. The molecule has 2 heterocycles. The zero-order valence-corrected chi connectivity index (χ0v) is 21.9. The fraction of sp³-hybridized carbons (Fsp3) is 0.143. The molecule has 39 heavy (non-hydrogen) atoms. The molecule has 0 aliphatic carbocycles. The third-order valence-electron chi connectivity index (χ3n) is 6.03. The average Bonchev–Trinajstić information content (AvgIpc) is 3.26. The quantitative estimate of drug-likeness (QED) is 0.313. The number of imidazole rings is 1. The average molecular weight is 519 g/mol. The number of nitrogens with zero attached hydrogens (tertiary/aromatic N) is 4. The summed E-state index contributed by atoms with van der Waals surface area (Å²) in [4.78, 5) is 26.5. The van der Waals surface area contributed by atoms with Gasteiger partial charge in [-0.25, -0.2) is 4.79 Å². The van der Waals surface area contributed by atoms with Crippen LogP contribution < -0.4 is 20.8 Å². The number of nitrogens with two attached hydrogens (primary N) is 1. The molecule has 0 spiro atoms. The first kappa shape index (κ1) is 27.5. The van der Waals surface area contributed by atoms with Crippen LogP contribution in [0.15, 0.2) is 83.7 Å². The van der Waals surface area contributed by atoms with Crippen LogP contribution in [0.25, 0.3) is 22.3 Å². The van der Waals surface area contributed by atoms with Crippen LogP contribution in [0.1, 0.15) is 15.9 Å². The van der Waals surface area contributed by atoms with Gasteiger partial charge in [-0.05, 0) is 12.1 Å². The molecule has 0 fully saturated rings. The molecule has 3 N–H and O–H groups in total. The minimum absolute atomic E-state index is 0.112. The van der Waals surface area contributed by atoms with Crippen molar-refractivity contribution in [1.29, 1.82) is 0 Å². The van der Waals surface area contributed by atoms with Crippen molar-refractivity contribution in [3.05, 3.63) is 100 Å². The van der Waals surface area contributed by atoms with E-state index >= 15 is 0 Å². The monoisotopic (exact) mass is 519 g/mol. The van der Waals surface area contributed by atoms with E-state index in [1.54, 1.807) is 56.7 Å². The third kappa shape index (κ3) is 6.31. The molecule has 0 bridgehead atoms. The van der Waals surface area contributed by atoms with Crippen LogP contribution in [0.3, 0.4) is 0 Å². The van der Waals surface area contributed by atoms with E-state index in [-0.39, 0.29) is 5.56 Å². The Kier molecular flexibility index (Phi) is 8.71. The van der Waals surface area contributed by atoms with E-state index in [1.165, 1.54) is 4.68 Å². The summed E-state index contributed by atoms with van der Waals surface area (Å²) in [6, 6.07) is 23.3. The van der Waals surface area contributed by atoms with E-state index in [9.17, 15) is 9.59 Å². The van der Waals surface area contributed by atoms with Crippen LogP contribution >= 0.6 is 0 Å². The number of carboxylic acid groups (broad SMARTS) is 1. The van der Waals surface area contributed by atoms with Crippen LogP contribution in [0.2, 0.25) is 0 Å². The van der Waals surface area contributed by atoms with Gasteiger partial charge in [-0.1, -0.05) is 18.2 Å². The molecule has 0 atom stereocenters. The van der Waals surface area contributed by atoms with Gasteiger partial charge < -0.3 is 14.6 Å². The normalized spacial score (nSPS) is 10.6. The van der Waals surface area contributed by atoms with Crippen molar-refractivity contribution < 1.29 is 19.4 Å². The van der Waals surface area contributed by atoms with Gasteiger partial charge in [0, 0.05) is 0 Å². The van der Waals surface area contributed by atoms with Crippen molar-refractivity contribution in [2.45, 2.75) is 11.8 Å². The van der Waals surface area contributed by atoms with Crippen LogP contribution in [0, 0.1) is 0 Å². The van der Waals surface area contributed by atoms with Gasteiger partial charge >= 0.3 is 159 Å². The molecule has 10 nitrogen and oxygen atoms in total. The Morgan fingerprint density at radius 3 is 2.33 bits per heavy atom. The summed E-state index contributed by atoms with van der Waals surface area (Å²) in [7, 11) is 3.19. The van der Waals surface area contributed by atoms with Crippen molar-refractivity contribution in [2.75, 3.05) is 20.0 Å². The maximum absolute atomic E-state index is 11.8. The Labute approximate surface area is 233 Å². The molecule has 0 saturated carbocycles.